The van der Waals surface area contributed by atoms with Gasteiger partial charge in [-0.15, -0.1) is 11.8 Å². The molecule has 2 rings (SSSR count). The van der Waals surface area contributed by atoms with E-state index in [0.29, 0.717) is 23.3 Å². The second-order valence-corrected chi connectivity index (χ2v) is 7.81. The maximum absolute atomic E-state index is 12.3. The highest BCUT2D eigenvalue weighted by atomic mass is 35.5. The molecular weight excluding hydrogens is 384 g/mol. The number of halogens is 1. The van der Waals surface area contributed by atoms with E-state index in [4.69, 9.17) is 17.3 Å². The lowest BCUT2D eigenvalue weighted by atomic mass is 10.2. The molecule has 0 aliphatic carbocycles. The molecule has 2 aromatic rings. The number of carbonyl (C=O) groups excluding carboxylic acids is 2. The van der Waals surface area contributed by atoms with Crippen molar-refractivity contribution in [1.29, 1.82) is 0 Å². The number of hydrogen-bond donors (Lipinski definition) is 2. The van der Waals surface area contributed by atoms with Crippen LogP contribution in [0.15, 0.2) is 35.2 Å². The normalized spacial score (nSPS) is 11.3. The number of nitrogens with two attached hydrogens (primary N) is 1. The monoisotopic (exact) mass is 406 g/mol. The van der Waals surface area contributed by atoms with Gasteiger partial charge in [-0.25, -0.2) is 0 Å². The van der Waals surface area contributed by atoms with Gasteiger partial charge in [0.25, 0.3) is 0 Å². The van der Waals surface area contributed by atoms with Gasteiger partial charge in [0.1, 0.15) is 5.15 Å². The molecular formula is C19H23ClN4O2S. The van der Waals surface area contributed by atoms with Crippen molar-refractivity contribution in [1.82, 2.24) is 9.78 Å². The van der Waals surface area contributed by atoms with Gasteiger partial charge in [-0.2, -0.15) is 5.10 Å². The van der Waals surface area contributed by atoms with Crippen molar-refractivity contribution in [2.24, 2.45) is 11.7 Å². The molecule has 0 fully saturated rings. The zero-order valence-corrected chi connectivity index (χ0v) is 17.1. The van der Waals surface area contributed by atoms with Crippen molar-refractivity contribution in [2.45, 2.75) is 32.2 Å². The SMILES string of the molecule is Cc1nn(CC(C)C)c(Cl)c1/C=C/C(=O)Nc1ccccc1SCC(N)=O. The number of carbonyl (C=O) groups is 2. The van der Waals surface area contributed by atoms with Crippen LogP contribution in [0.3, 0.4) is 0 Å². The molecule has 0 spiro atoms. The van der Waals surface area contributed by atoms with Gasteiger partial charge in [0.05, 0.1) is 17.1 Å². The highest BCUT2D eigenvalue weighted by Gasteiger charge is 2.12. The quantitative estimate of drug-likeness (QED) is 0.516. The number of rotatable bonds is 8. The molecule has 0 aliphatic rings. The van der Waals surface area contributed by atoms with Crippen molar-refractivity contribution < 1.29 is 9.59 Å². The fourth-order valence-corrected chi connectivity index (χ4v) is 3.46. The van der Waals surface area contributed by atoms with Crippen LogP contribution in [0.4, 0.5) is 5.69 Å². The van der Waals surface area contributed by atoms with Crippen LogP contribution in [-0.4, -0.2) is 27.3 Å². The molecule has 0 bridgehead atoms. The molecule has 0 radical (unpaired) electrons. The second kappa shape index (κ2) is 9.62. The lowest BCUT2D eigenvalue weighted by molar-refractivity contribution is -0.115. The molecule has 3 N–H and O–H groups in total. The zero-order valence-electron chi connectivity index (χ0n) is 15.5. The van der Waals surface area contributed by atoms with E-state index < -0.39 is 5.91 Å². The summed E-state index contributed by atoms with van der Waals surface area (Å²) in [6.45, 7) is 6.74. The molecule has 1 aromatic carbocycles. The summed E-state index contributed by atoms with van der Waals surface area (Å²) >= 11 is 7.66. The third kappa shape index (κ3) is 6.15. The van der Waals surface area contributed by atoms with Gasteiger partial charge in [-0.3, -0.25) is 14.3 Å². The fraction of sp³-hybridized carbons (Fsp3) is 0.316. The van der Waals surface area contributed by atoms with Crippen LogP contribution in [-0.2, 0) is 16.1 Å². The van der Waals surface area contributed by atoms with Crippen LogP contribution < -0.4 is 11.1 Å². The molecule has 0 unspecified atom stereocenters. The molecule has 0 atom stereocenters. The largest absolute Gasteiger partial charge is 0.369 e. The van der Waals surface area contributed by atoms with E-state index >= 15 is 0 Å². The summed E-state index contributed by atoms with van der Waals surface area (Å²) in [5, 5.41) is 7.75. The number of aromatic nitrogens is 2. The summed E-state index contributed by atoms with van der Waals surface area (Å²) in [6.07, 6.45) is 3.08. The average molecular weight is 407 g/mol. The second-order valence-electron chi connectivity index (χ2n) is 6.44. The Balaban J connectivity index is 2.10. The van der Waals surface area contributed by atoms with Gasteiger partial charge in [-0.1, -0.05) is 37.6 Å². The predicted molar refractivity (Wildman–Crippen MR) is 111 cm³/mol. The molecule has 1 aromatic heterocycles. The third-order valence-electron chi connectivity index (χ3n) is 3.56. The van der Waals surface area contributed by atoms with E-state index in [0.717, 1.165) is 16.2 Å². The van der Waals surface area contributed by atoms with Gasteiger partial charge in [0.15, 0.2) is 0 Å². The molecule has 144 valence electrons. The average Bonchev–Trinajstić information content (AvgIpc) is 2.85. The van der Waals surface area contributed by atoms with Gasteiger partial charge in [-0.05, 0) is 31.1 Å². The first kappa shape index (κ1) is 21.1. The van der Waals surface area contributed by atoms with Crippen LogP contribution in [0.1, 0.15) is 25.1 Å². The predicted octanol–water partition coefficient (Wildman–Crippen LogP) is 3.73. The minimum atomic E-state index is -0.412. The maximum Gasteiger partial charge on any atom is 0.248 e. The maximum atomic E-state index is 12.3. The molecule has 0 saturated carbocycles. The highest BCUT2D eigenvalue weighted by Crippen LogP contribution is 2.27. The van der Waals surface area contributed by atoms with Gasteiger partial charge in [0.2, 0.25) is 11.8 Å². The van der Waals surface area contributed by atoms with Gasteiger partial charge in [0, 0.05) is 23.1 Å². The molecule has 2 amide bonds. The number of nitrogens with zero attached hydrogens (tertiary/aromatic N) is 2. The van der Waals surface area contributed by atoms with Crippen LogP contribution in [0.25, 0.3) is 6.08 Å². The number of aryl methyl sites for hydroxylation is 1. The standard InChI is InChI=1S/C19H23ClN4O2S/c1-12(2)10-24-19(20)14(13(3)23-24)8-9-18(26)22-15-6-4-5-7-16(15)27-11-17(21)25/h4-9,12H,10-11H2,1-3H3,(H2,21,25)(H,22,26)/b9-8+. The van der Waals surface area contributed by atoms with E-state index in [-0.39, 0.29) is 11.7 Å². The number of anilines is 1. The van der Waals surface area contributed by atoms with Crippen LogP contribution in [0, 0.1) is 12.8 Å². The van der Waals surface area contributed by atoms with Crippen molar-refractivity contribution >= 4 is 46.9 Å². The number of benzene rings is 1. The van der Waals surface area contributed by atoms with Gasteiger partial charge >= 0.3 is 0 Å². The number of primary amides is 1. The van der Waals surface area contributed by atoms with E-state index in [1.54, 1.807) is 16.8 Å². The summed E-state index contributed by atoms with van der Waals surface area (Å²) in [7, 11) is 0. The number of hydrogen-bond acceptors (Lipinski definition) is 4. The van der Waals surface area contributed by atoms with Gasteiger partial charge < -0.3 is 11.1 Å². The lowest BCUT2D eigenvalue weighted by Crippen LogP contribution is -2.13. The van der Waals surface area contributed by atoms with Crippen molar-refractivity contribution in [3.05, 3.63) is 46.8 Å². The highest BCUT2D eigenvalue weighted by molar-refractivity contribution is 8.00. The number of thioether (sulfide) groups is 1. The summed E-state index contributed by atoms with van der Waals surface area (Å²) in [5.74, 6) is -0.151. The summed E-state index contributed by atoms with van der Waals surface area (Å²) in [4.78, 5) is 24.1. The first-order valence-corrected chi connectivity index (χ1v) is 9.86. The van der Waals surface area contributed by atoms with E-state index in [2.05, 4.69) is 24.3 Å². The lowest BCUT2D eigenvalue weighted by Gasteiger charge is -2.08. The smallest absolute Gasteiger partial charge is 0.248 e. The first-order chi connectivity index (χ1) is 12.8. The van der Waals surface area contributed by atoms with Crippen LogP contribution in [0.2, 0.25) is 5.15 Å². The summed E-state index contributed by atoms with van der Waals surface area (Å²) in [5.41, 5.74) is 7.30. The van der Waals surface area contributed by atoms with Crippen LogP contribution in [0.5, 0.6) is 0 Å². The Morgan fingerprint density at radius 1 is 1.37 bits per heavy atom. The number of para-hydroxylation sites is 1. The van der Waals surface area contributed by atoms with Crippen molar-refractivity contribution in [3.8, 4) is 0 Å². The van der Waals surface area contributed by atoms with E-state index in [1.165, 1.54) is 17.8 Å². The molecule has 27 heavy (non-hydrogen) atoms. The molecule has 6 nitrogen and oxygen atoms in total. The Morgan fingerprint density at radius 2 is 2.07 bits per heavy atom. The minimum absolute atomic E-state index is 0.145. The Bertz CT molecular complexity index is 861. The van der Waals surface area contributed by atoms with Crippen molar-refractivity contribution in [3.63, 3.8) is 0 Å². The first-order valence-electron chi connectivity index (χ1n) is 8.50. The zero-order chi connectivity index (χ0) is 20.0. The fourth-order valence-electron chi connectivity index (χ4n) is 2.40. The molecule has 0 aliphatic heterocycles. The number of nitrogens with one attached hydrogen (secondary N) is 1. The minimum Gasteiger partial charge on any atom is -0.369 e. The Hall–Kier alpha value is -2.25. The molecule has 8 heteroatoms. The Labute approximate surface area is 168 Å². The summed E-state index contributed by atoms with van der Waals surface area (Å²) < 4.78 is 1.74. The summed E-state index contributed by atoms with van der Waals surface area (Å²) in [6, 6.07) is 7.24. The van der Waals surface area contributed by atoms with Crippen LogP contribution >= 0.6 is 23.4 Å². The Morgan fingerprint density at radius 3 is 2.74 bits per heavy atom. The Kier molecular flexibility index (Phi) is 7.50. The molecule has 1 heterocycles. The molecule has 0 saturated heterocycles. The topological polar surface area (TPSA) is 90.0 Å². The van der Waals surface area contributed by atoms with E-state index in [9.17, 15) is 9.59 Å². The van der Waals surface area contributed by atoms with Crippen molar-refractivity contribution in [2.75, 3.05) is 11.1 Å². The third-order valence-corrected chi connectivity index (χ3v) is 5.06. The van der Waals surface area contributed by atoms with E-state index in [1.807, 2.05) is 25.1 Å². The number of amides is 2.